The lowest BCUT2D eigenvalue weighted by atomic mass is 9.84. The van der Waals surface area contributed by atoms with E-state index in [2.05, 4.69) is 17.4 Å². The molecule has 0 saturated carbocycles. The third-order valence-electron chi connectivity index (χ3n) is 5.49. The molecule has 1 atom stereocenters. The van der Waals surface area contributed by atoms with Gasteiger partial charge >= 0.3 is 0 Å². The summed E-state index contributed by atoms with van der Waals surface area (Å²) in [7, 11) is -3.43. The van der Waals surface area contributed by atoms with E-state index in [1.54, 1.807) is 11.0 Å². The van der Waals surface area contributed by atoms with Crippen LogP contribution < -0.4 is 5.32 Å². The lowest BCUT2D eigenvalue weighted by Gasteiger charge is -2.35. The summed E-state index contributed by atoms with van der Waals surface area (Å²) in [6.45, 7) is 5.82. The normalized spacial score (nSPS) is 20.9. The highest BCUT2D eigenvalue weighted by Gasteiger charge is 2.31. The molecule has 0 bridgehead atoms. The van der Waals surface area contributed by atoms with Gasteiger partial charge in [0.2, 0.25) is 15.9 Å². The summed E-state index contributed by atoms with van der Waals surface area (Å²) >= 11 is 0. The van der Waals surface area contributed by atoms with Crippen LogP contribution >= 0.6 is 12.4 Å². The predicted octanol–water partition coefficient (Wildman–Crippen LogP) is 1.10. The second kappa shape index (κ2) is 9.86. The van der Waals surface area contributed by atoms with Gasteiger partial charge in [-0.15, -0.1) is 12.4 Å². The Bertz CT molecular complexity index is 684. The van der Waals surface area contributed by atoms with E-state index in [1.165, 1.54) is 10.6 Å². The van der Waals surface area contributed by atoms with Crippen molar-refractivity contribution in [2.45, 2.75) is 31.9 Å². The minimum absolute atomic E-state index is 0. The van der Waals surface area contributed by atoms with Crippen LogP contribution in [-0.4, -0.2) is 68.0 Å². The van der Waals surface area contributed by atoms with E-state index in [9.17, 15) is 13.2 Å². The minimum Gasteiger partial charge on any atom is -0.364 e. The molecule has 154 valence electrons. The SMILES string of the molecule is CC(CC(=O)N1CCN(S(=O)(=O)Cc2ccon2)CC1)C1CCNCC1.Cl. The van der Waals surface area contributed by atoms with Crippen LogP contribution in [0.25, 0.3) is 0 Å². The molecule has 2 saturated heterocycles. The molecule has 1 N–H and O–H groups in total. The Hall–Kier alpha value is -1.16. The number of halogens is 1. The third kappa shape index (κ3) is 5.91. The van der Waals surface area contributed by atoms with Gasteiger partial charge in [0.05, 0.1) is 5.69 Å². The number of sulfonamides is 1. The van der Waals surface area contributed by atoms with Crippen LogP contribution in [0.3, 0.4) is 0 Å². The Morgan fingerprint density at radius 3 is 2.56 bits per heavy atom. The Kier molecular flexibility index (Phi) is 8.08. The molecule has 0 spiro atoms. The van der Waals surface area contributed by atoms with Gasteiger partial charge in [-0.25, -0.2) is 8.42 Å². The molecule has 1 aromatic rings. The fourth-order valence-electron chi connectivity index (χ4n) is 3.79. The van der Waals surface area contributed by atoms with E-state index in [0.29, 0.717) is 50.1 Å². The zero-order chi connectivity index (χ0) is 18.6. The molecule has 1 unspecified atom stereocenters. The first-order valence-electron chi connectivity index (χ1n) is 9.31. The zero-order valence-corrected chi connectivity index (χ0v) is 17.3. The van der Waals surface area contributed by atoms with Crippen LogP contribution in [0, 0.1) is 11.8 Å². The molecular formula is C17H29ClN4O4S. The number of carbonyl (C=O) groups is 1. The van der Waals surface area contributed by atoms with Gasteiger partial charge in [-0.3, -0.25) is 4.79 Å². The molecule has 0 radical (unpaired) electrons. The van der Waals surface area contributed by atoms with Crippen LogP contribution in [0.2, 0.25) is 0 Å². The number of piperazine rings is 1. The van der Waals surface area contributed by atoms with Crippen molar-refractivity contribution in [2.24, 2.45) is 11.8 Å². The molecule has 3 rings (SSSR count). The summed E-state index contributed by atoms with van der Waals surface area (Å²) in [6.07, 6.45) is 4.17. The summed E-state index contributed by atoms with van der Waals surface area (Å²) in [5, 5.41) is 7.02. The van der Waals surface area contributed by atoms with E-state index >= 15 is 0 Å². The van der Waals surface area contributed by atoms with Crippen LogP contribution in [0.1, 0.15) is 31.9 Å². The van der Waals surface area contributed by atoms with Gasteiger partial charge in [0.25, 0.3) is 0 Å². The summed E-state index contributed by atoms with van der Waals surface area (Å²) in [5.74, 6) is 0.955. The number of hydrogen-bond donors (Lipinski definition) is 1. The highest BCUT2D eigenvalue weighted by atomic mass is 35.5. The van der Waals surface area contributed by atoms with Crippen molar-refractivity contribution in [2.75, 3.05) is 39.3 Å². The van der Waals surface area contributed by atoms with Gasteiger partial charge in [0.15, 0.2) is 0 Å². The summed E-state index contributed by atoms with van der Waals surface area (Å²) in [6, 6.07) is 1.56. The first kappa shape index (κ1) is 22.1. The lowest BCUT2D eigenvalue weighted by molar-refractivity contribution is -0.133. The first-order chi connectivity index (χ1) is 12.5. The first-order valence-corrected chi connectivity index (χ1v) is 10.9. The van der Waals surface area contributed by atoms with Gasteiger partial charge in [-0.1, -0.05) is 12.1 Å². The number of nitrogens with one attached hydrogen (secondary N) is 1. The van der Waals surface area contributed by atoms with E-state index < -0.39 is 10.0 Å². The maximum Gasteiger partial charge on any atom is 0.222 e. The minimum atomic E-state index is -3.43. The van der Waals surface area contributed by atoms with Crippen molar-refractivity contribution in [3.63, 3.8) is 0 Å². The largest absolute Gasteiger partial charge is 0.364 e. The number of amides is 1. The highest BCUT2D eigenvalue weighted by Crippen LogP contribution is 2.25. The van der Waals surface area contributed by atoms with E-state index in [1.807, 2.05) is 0 Å². The number of piperidine rings is 1. The summed E-state index contributed by atoms with van der Waals surface area (Å²) < 4.78 is 31.0. The lowest BCUT2D eigenvalue weighted by Crippen LogP contribution is -2.51. The molecular weight excluding hydrogens is 392 g/mol. The van der Waals surface area contributed by atoms with Crippen molar-refractivity contribution in [1.82, 2.24) is 19.7 Å². The molecule has 3 heterocycles. The van der Waals surface area contributed by atoms with Gasteiger partial charge < -0.3 is 14.7 Å². The van der Waals surface area contributed by atoms with Crippen LogP contribution in [-0.2, 0) is 20.6 Å². The fourth-order valence-corrected chi connectivity index (χ4v) is 5.22. The number of aromatic nitrogens is 1. The zero-order valence-electron chi connectivity index (χ0n) is 15.7. The molecule has 8 nitrogen and oxygen atoms in total. The second-order valence-electron chi connectivity index (χ2n) is 7.30. The molecule has 0 aromatic carbocycles. The standard InChI is InChI=1S/C17H28N4O4S.ClH/c1-14(15-2-5-18-6-3-15)12-17(22)20-7-9-21(10-8-20)26(23,24)13-16-4-11-25-19-16;/h4,11,14-15,18H,2-3,5-10,12-13H2,1H3;1H. The summed E-state index contributed by atoms with van der Waals surface area (Å²) in [4.78, 5) is 14.4. The molecule has 2 aliphatic heterocycles. The Morgan fingerprint density at radius 2 is 1.96 bits per heavy atom. The molecule has 1 amide bonds. The van der Waals surface area contributed by atoms with Crippen molar-refractivity contribution < 1.29 is 17.7 Å². The molecule has 2 aliphatic rings. The van der Waals surface area contributed by atoms with Crippen LogP contribution in [0.5, 0.6) is 0 Å². The molecule has 1 aromatic heterocycles. The van der Waals surface area contributed by atoms with E-state index in [4.69, 9.17) is 4.52 Å². The van der Waals surface area contributed by atoms with Crippen molar-refractivity contribution in [3.05, 3.63) is 18.0 Å². The number of rotatable bonds is 6. The Morgan fingerprint density at radius 1 is 1.30 bits per heavy atom. The van der Waals surface area contributed by atoms with Crippen LogP contribution in [0.4, 0.5) is 0 Å². The molecule has 0 aliphatic carbocycles. The average Bonchev–Trinajstić information content (AvgIpc) is 3.14. The Labute approximate surface area is 167 Å². The van der Waals surface area contributed by atoms with E-state index in [0.717, 1.165) is 25.9 Å². The van der Waals surface area contributed by atoms with E-state index in [-0.39, 0.29) is 24.1 Å². The smallest absolute Gasteiger partial charge is 0.222 e. The fraction of sp³-hybridized carbons (Fsp3) is 0.765. The molecule has 27 heavy (non-hydrogen) atoms. The van der Waals surface area contributed by atoms with Gasteiger partial charge in [-0.05, 0) is 37.8 Å². The molecule has 2 fully saturated rings. The number of nitrogens with zero attached hydrogens (tertiary/aromatic N) is 3. The van der Waals surface area contributed by atoms with Gasteiger partial charge in [-0.2, -0.15) is 4.31 Å². The monoisotopic (exact) mass is 420 g/mol. The molecule has 10 heteroatoms. The van der Waals surface area contributed by atoms with Crippen LogP contribution in [0.15, 0.2) is 16.9 Å². The maximum absolute atomic E-state index is 12.6. The van der Waals surface area contributed by atoms with Crippen molar-refractivity contribution in [1.29, 1.82) is 0 Å². The predicted molar refractivity (Wildman–Crippen MR) is 104 cm³/mol. The Balaban J connectivity index is 0.00000261. The average molecular weight is 421 g/mol. The summed E-state index contributed by atoms with van der Waals surface area (Å²) in [5.41, 5.74) is 0.402. The number of carbonyl (C=O) groups excluding carboxylic acids is 1. The van der Waals surface area contributed by atoms with Crippen molar-refractivity contribution in [3.8, 4) is 0 Å². The van der Waals surface area contributed by atoms with Crippen molar-refractivity contribution >= 4 is 28.3 Å². The topological polar surface area (TPSA) is 95.8 Å². The van der Waals surface area contributed by atoms with Gasteiger partial charge in [0.1, 0.15) is 12.0 Å². The third-order valence-corrected chi connectivity index (χ3v) is 7.30. The quantitative estimate of drug-likeness (QED) is 0.740. The highest BCUT2D eigenvalue weighted by molar-refractivity contribution is 7.88. The second-order valence-corrected chi connectivity index (χ2v) is 9.26. The van der Waals surface area contributed by atoms with Gasteiger partial charge in [0, 0.05) is 38.7 Å². The number of hydrogen-bond acceptors (Lipinski definition) is 6. The maximum atomic E-state index is 12.6.